The quantitative estimate of drug-likeness (QED) is 0.632. The van der Waals surface area contributed by atoms with Gasteiger partial charge < -0.3 is 0 Å². The molecule has 2 N–H and O–H groups in total. The minimum absolute atomic E-state index is 0.483. The average molecular weight is 253 g/mol. The standard InChI is InChI=1S/C12H20AsN/c1-3-13(4-2)9-8-11-6-5-7-12(14)10-11/h5-7,10H,3-4,8-9,14H2,1-2H3. The maximum absolute atomic E-state index is 5.74. The van der Waals surface area contributed by atoms with Crippen molar-refractivity contribution >= 4 is 20.3 Å². The molecular weight excluding hydrogens is 233 g/mol. The minimum atomic E-state index is -0.483. The van der Waals surface area contributed by atoms with Crippen LogP contribution < -0.4 is 5.73 Å². The molecule has 0 bridgehead atoms. The Labute approximate surface area is 92.0 Å². The molecule has 0 aliphatic rings. The van der Waals surface area contributed by atoms with Crippen LogP contribution in [0.25, 0.3) is 0 Å². The van der Waals surface area contributed by atoms with E-state index in [1.54, 1.807) is 0 Å². The molecule has 0 aromatic heterocycles. The third kappa shape index (κ3) is 3.75. The van der Waals surface area contributed by atoms with Gasteiger partial charge in [-0.05, 0) is 0 Å². The van der Waals surface area contributed by atoms with E-state index >= 15 is 0 Å². The molecule has 1 rings (SSSR count). The molecule has 0 heterocycles. The predicted molar refractivity (Wildman–Crippen MR) is 66.1 cm³/mol. The molecule has 0 saturated carbocycles. The number of anilines is 1. The van der Waals surface area contributed by atoms with Gasteiger partial charge in [0.15, 0.2) is 0 Å². The molecule has 0 spiro atoms. The summed E-state index contributed by atoms with van der Waals surface area (Å²) >= 11 is -0.483. The van der Waals surface area contributed by atoms with E-state index in [0.717, 1.165) is 5.69 Å². The van der Waals surface area contributed by atoms with Crippen molar-refractivity contribution in [2.24, 2.45) is 0 Å². The number of nitrogens with two attached hydrogens (primary N) is 1. The molecule has 78 valence electrons. The van der Waals surface area contributed by atoms with E-state index in [1.807, 2.05) is 6.07 Å². The summed E-state index contributed by atoms with van der Waals surface area (Å²) in [5.74, 6) is 0. The van der Waals surface area contributed by atoms with Gasteiger partial charge >= 0.3 is 91.8 Å². The van der Waals surface area contributed by atoms with Crippen molar-refractivity contribution < 1.29 is 0 Å². The van der Waals surface area contributed by atoms with E-state index < -0.39 is 14.7 Å². The second-order valence-corrected chi connectivity index (χ2v) is 9.93. The normalized spacial score (nSPS) is 10.8. The molecule has 0 saturated heterocycles. The van der Waals surface area contributed by atoms with Gasteiger partial charge in [0.2, 0.25) is 0 Å². The summed E-state index contributed by atoms with van der Waals surface area (Å²) in [7, 11) is 0. The Kier molecular flexibility index (Phi) is 5.11. The van der Waals surface area contributed by atoms with Gasteiger partial charge in [0.05, 0.1) is 0 Å². The van der Waals surface area contributed by atoms with E-state index in [1.165, 1.54) is 27.6 Å². The Balaban J connectivity index is 2.44. The third-order valence-electron chi connectivity index (χ3n) is 2.56. The molecule has 0 amide bonds. The predicted octanol–water partition coefficient (Wildman–Crippen LogP) is 3.35. The second kappa shape index (κ2) is 6.14. The van der Waals surface area contributed by atoms with Crippen molar-refractivity contribution in [1.29, 1.82) is 0 Å². The van der Waals surface area contributed by atoms with Crippen molar-refractivity contribution in [1.82, 2.24) is 0 Å². The summed E-state index contributed by atoms with van der Waals surface area (Å²) in [6.45, 7) is 4.67. The number of rotatable bonds is 5. The van der Waals surface area contributed by atoms with Gasteiger partial charge in [0.1, 0.15) is 0 Å². The zero-order chi connectivity index (χ0) is 10.4. The zero-order valence-electron chi connectivity index (χ0n) is 9.16. The fourth-order valence-electron chi connectivity index (χ4n) is 1.58. The van der Waals surface area contributed by atoms with Crippen LogP contribution in [0.5, 0.6) is 0 Å². The average Bonchev–Trinajstić information content (AvgIpc) is 2.19. The number of aryl methyl sites for hydroxylation is 1. The van der Waals surface area contributed by atoms with E-state index in [4.69, 9.17) is 5.73 Å². The first-order valence-corrected chi connectivity index (χ1v) is 9.31. The molecular formula is C12H20AsN. The van der Waals surface area contributed by atoms with Crippen LogP contribution in [0, 0.1) is 0 Å². The van der Waals surface area contributed by atoms with Crippen LogP contribution in [0.4, 0.5) is 5.69 Å². The van der Waals surface area contributed by atoms with E-state index in [2.05, 4.69) is 32.0 Å². The van der Waals surface area contributed by atoms with Crippen LogP contribution in [0.2, 0.25) is 15.6 Å². The van der Waals surface area contributed by atoms with Crippen LogP contribution >= 0.6 is 0 Å². The topological polar surface area (TPSA) is 26.0 Å². The first-order valence-electron chi connectivity index (χ1n) is 5.33. The SMILES string of the molecule is CC[As](CC)CCc1cccc(N)c1. The van der Waals surface area contributed by atoms with E-state index in [-0.39, 0.29) is 0 Å². The van der Waals surface area contributed by atoms with Gasteiger partial charge in [-0.25, -0.2) is 0 Å². The summed E-state index contributed by atoms with van der Waals surface area (Å²) < 4.78 is 0. The summed E-state index contributed by atoms with van der Waals surface area (Å²) in [5, 5.41) is 4.31. The van der Waals surface area contributed by atoms with Gasteiger partial charge in [-0.2, -0.15) is 0 Å². The Morgan fingerprint density at radius 1 is 1.21 bits per heavy atom. The van der Waals surface area contributed by atoms with Crippen LogP contribution in [0.3, 0.4) is 0 Å². The monoisotopic (exact) mass is 253 g/mol. The maximum atomic E-state index is 5.74. The van der Waals surface area contributed by atoms with E-state index in [0.29, 0.717) is 0 Å². The molecule has 14 heavy (non-hydrogen) atoms. The van der Waals surface area contributed by atoms with Gasteiger partial charge in [-0.3, -0.25) is 0 Å². The van der Waals surface area contributed by atoms with Crippen LogP contribution in [0.1, 0.15) is 19.4 Å². The van der Waals surface area contributed by atoms with Crippen LogP contribution in [0.15, 0.2) is 24.3 Å². The number of hydrogen-bond acceptors (Lipinski definition) is 1. The summed E-state index contributed by atoms with van der Waals surface area (Å²) in [5.41, 5.74) is 8.05. The Morgan fingerprint density at radius 2 is 1.93 bits per heavy atom. The first-order chi connectivity index (χ1) is 6.76. The van der Waals surface area contributed by atoms with Gasteiger partial charge in [0.25, 0.3) is 0 Å². The van der Waals surface area contributed by atoms with Crippen molar-refractivity contribution in [3.05, 3.63) is 29.8 Å². The molecule has 2 heteroatoms. The second-order valence-electron chi connectivity index (χ2n) is 3.52. The van der Waals surface area contributed by atoms with Gasteiger partial charge in [-0.15, -0.1) is 0 Å². The molecule has 1 aromatic rings. The molecule has 0 unspecified atom stereocenters. The molecule has 0 aliphatic carbocycles. The Hall–Kier alpha value is -0.422. The van der Waals surface area contributed by atoms with Crippen molar-refractivity contribution in [3.8, 4) is 0 Å². The summed E-state index contributed by atoms with van der Waals surface area (Å²) in [6, 6.07) is 8.31. The zero-order valence-corrected chi connectivity index (χ0v) is 11.0. The van der Waals surface area contributed by atoms with Crippen LogP contribution in [-0.2, 0) is 6.42 Å². The molecule has 0 atom stereocenters. The third-order valence-corrected chi connectivity index (χ3v) is 8.11. The Bertz CT molecular complexity index is 269. The van der Waals surface area contributed by atoms with Crippen molar-refractivity contribution in [3.63, 3.8) is 0 Å². The molecule has 1 aromatic carbocycles. The Morgan fingerprint density at radius 3 is 2.50 bits per heavy atom. The first kappa shape index (κ1) is 11.7. The fraction of sp³-hybridized carbons (Fsp3) is 0.500. The fourth-order valence-corrected chi connectivity index (χ4v) is 5.05. The molecule has 1 nitrogen and oxygen atoms in total. The van der Waals surface area contributed by atoms with Gasteiger partial charge in [0, 0.05) is 0 Å². The van der Waals surface area contributed by atoms with E-state index in [9.17, 15) is 0 Å². The molecule has 0 radical (unpaired) electrons. The van der Waals surface area contributed by atoms with Crippen LogP contribution in [-0.4, -0.2) is 14.7 Å². The summed E-state index contributed by atoms with van der Waals surface area (Å²) in [6.07, 6.45) is 1.23. The molecule has 0 fully saturated rings. The molecule has 0 aliphatic heterocycles. The summed E-state index contributed by atoms with van der Waals surface area (Å²) in [4.78, 5) is 0. The number of nitrogen functional groups attached to an aromatic ring is 1. The van der Waals surface area contributed by atoms with Crippen molar-refractivity contribution in [2.75, 3.05) is 5.73 Å². The van der Waals surface area contributed by atoms with Gasteiger partial charge in [-0.1, -0.05) is 0 Å². The van der Waals surface area contributed by atoms with Crippen molar-refractivity contribution in [2.45, 2.75) is 35.9 Å². The number of benzene rings is 1. The number of hydrogen-bond donors (Lipinski definition) is 1.